The number of nitrogens with zero attached hydrogens (tertiary/aromatic N) is 10. The molecule has 562 valence electrons. The second-order valence-corrected chi connectivity index (χ2v) is 25.1. The van der Waals surface area contributed by atoms with E-state index in [9.17, 15) is 49.1 Å². The highest BCUT2D eigenvalue weighted by atomic mass is 32.1. The van der Waals surface area contributed by atoms with Gasteiger partial charge in [0.05, 0.1) is 40.4 Å². The van der Waals surface area contributed by atoms with E-state index in [2.05, 4.69) is 76.4 Å². The largest absolute Gasteiger partial charge is 0.573 e. The zero-order valence-electron chi connectivity index (χ0n) is 57.9. The van der Waals surface area contributed by atoms with E-state index in [0.29, 0.717) is 130 Å². The topological polar surface area (TPSA) is 252 Å². The van der Waals surface area contributed by atoms with Crippen LogP contribution in [0.15, 0.2) is 291 Å². The van der Waals surface area contributed by atoms with Crippen molar-refractivity contribution in [2.24, 2.45) is 0 Å². The van der Waals surface area contributed by atoms with Crippen LogP contribution in [0.4, 0.5) is 83.4 Å². The monoisotopic (exact) mass is 1550 g/mol. The van der Waals surface area contributed by atoms with Gasteiger partial charge in [0, 0.05) is 61.6 Å². The van der Waals surface area contributed by atoms with Crippen LogP contribution >= 0.6 is 12.2 Å². The number of halogens is 9. The van der Waals surface area contributed by atoms with Crippen molar-refractivity contribution < 1.29 is 67.7 Å². The van der Waals surface area contributed by atoms with Crippen molar-refractivity contribution in [2.75, 3.05) is 31.9 Å². The van der Waals surface area contributed by atoms with Gasteiger partial charge in [-0.1, -0.05) is 72.8 Å². The van der Waals surface area contributed by atoms with E-state index in [1.165, 1.54) is 93.7 Å². The number of urea groups is 2. The number of rotatable bonds is 20. The van der Waals surface area contributed by atoms with Crippen LogP contribution in [-0.2, 0) is 0 Å². The number of nitrogens with one attached hydrogen (secondary N) is 6. The maximum Gasteiger partial charge on any atom is 0.573 e. The quantitative estimate of drug-likeness (QED) is 0.0306. The summed E-state index contributed by atoms with van der Waals surface area (Å²) in [4.78, 5) is 46.5. The van der Waals surface area contributed by atoms with Gasteiger partial charge in [-0.15, -0.1) is 54.8 Å². The van der Waals surface area contributed by atoms with Crippen LogP contribution in [0.3, 0.4) is 0 Å². The van der Waals surface area contributed by atoms with E-state index in [-0.39, 0.29) is 22.4 Å². The Morgan fingerprint density at radius 1 is 0.354 bits per heavy atom. The lowest BCUT2D eigenvalue weighted by Crippen LogP contribution is -2.20. The predicted octanol–water partition coefficient (Wildman–Crippen LogP) is 20.5. The number of furan rings is 1. The van der Waals surface area contributed by atoms with Crippen LogP contribution in [-0.4, -0.2) is 85.5 Å². The first-order chi connectivity index (χ1) is 54.4. The van der Waals surface area contributed by atoms with Gasteiger partial charge in [0.1, 0.15) is 47.8 Å². The number of carbonyl (C=O) groups excluding carboxylic acids is 2. The van der Waals surface area contributed by atoms with Gasteiger partial charge in [0.25, 0.3) is 0 Å². The summed E-state index contributed by atoms with van der Waals surface area (Å²) in [7, 11) is 0. The molecule has 0 aliphatic heterocycles. The van der Waals surface area contributed by atoms with Crippen molar-refractivity contribution in [3.63, 3.8) is 0 Å². The Labute approximate surface area is 639 Å². The Morgan fingerprint density at radius 2 is 0.788 bits per heavy atom. The molecule has 5 heterocycles. The first-order valence-electron chi connectivity index (χ1n) is 33.8. The molecule has 15 rings (SSSR count). The molecule has 15 aromatic rings. The van der Waals surface area contributed by atoms with E-state index in [0.717, 1.165) is 17.7 Å². The van der Waals surface area contributed by atoms with Gasteiger partial charge >= 0.3 is 31.1 Å². The fraction of sp³-hybridized carbons (Fsp3) is 0.0370. The Kier molecular flexibility index (Phi) is 20.4. The van der Waals surface area contributed by atoms with Crippen molar-refractivity contribution in [3.05, 3.63) is 286 Å². The predicted molar refractivity (Wildman–Crippen MR) is 409 cm³/mol. The highest BCUT2D eigenvalue weighted by Gasteiger charge is 2.33. The lowest BCUT2D eigenvalue weighted by Gasteiger charge is -2.16. The number of thiocarbonyl (C=S) groups is 1. The van der Waals surface area contributed by atoms with Gasteiger partial charge in [0.2, 0.25) is 0 Å². The standard InChI is InChI=1S/C81H53F9N16O6S/c82-79(83,84)110-62-32-26-59(27-33-62)104-45-91-72(101-104)49-13-20-56(21-14-49)94-76(107)98-70-42-52(55-43-71(109-44-55)67-11-4-5-12-69(67)99-78(113)96-58-24-17-51(18-25-58)74-93-47-106(103-74)61-30-36-64(37-31-61)112-81(88,89)90)19-38-65(70)53-9-6-10-54(41-53)68-40-39-66(48-7-2-1-3-8-48)75(97-68)100-77(108)95-57-22-15-50(16-23-57)73-92-46-105(102-73)60-28-34-63(35-29-60)111-80(85,86)87/h1-47H,(H2,94,98,107)(H2,96,99,113)(H2,95,97,100,108). The Hall–Kier alpha value is -15.0. The van der Waals surface area contributed by atoms with Crippen LogP contribution in [0, 0.1) is 0 Å². The van der Waals surface area contributed by atoms with Crippen molar-refractivity contribution >= 4 is 63.6 Å². The van der Waals surface area contributed by atoms with Crippen molar-refractivity contribution in [2.45, 2.75) is 19.1 Å². The summed E-state index contributed by atoms with van der Waals surface area (Å²) >= 11 is 5.80. The molecule has 6 N–H and O–H groups in total. The van der Waals surface area contributed by atoms with E-state index >= 15 is 0 Å². The maximum absolute atomic E-state index is 14.4. The van der Waals surface area contributed by atoms with E-state index in [4.69, 9.17) is 21.6 Å². The molecule has 0 spiro atoms. The molecule has 32 heteroatoms. The Balaban J connectivity index is 0.666. The van der Waals surface area contributed by atoms with Gasteiger partial charge < -0.3 is 45.2 Å². The van der Waals surface area contributed by atoms with Gasteiger partial charge in [-0.3, -0.25) is 5.32 Å². The highest BCUT2D eigenvalue weighted by Crippen LogP contribution is 2.40. The van der Waals surface area contributed by atoms with E-state index in [1.54, 1.807) is 79.1 Å². The molecule has 0 bridgehead atoms. The summed E-state index contributed by atoms with van der Waals surface area (Å²) in [5, 5.41) is 32.0. The molecule has 4 amide bonds. The maximum atomic E-state index is 14.4. The number of hydrogen-bond acceptors (Lipinski definition) is 14. The molecular formula is C81H53F9N16O6S. The third-order valence-corrected chi connectivity index (χ3v) is 17.2. The minimum atomic E-state index is -4.85. The number of anilines is 6. The van der Waals surface area contributed by atoms with Crippen LogP contribution in [0.1, 0.15) is 0 Å². The lowest BCUT2D eigenvalue weighted by molar-refractivity contribution is -0.275. The Bertz CT molecular complexity index is 5940. The molecule has 0 fully saturated rings. The molecule has 0 saturated carbocycles. The fourth-order valence-electron chi connectivity index (χ4n) is 11.8. The van der Waals surface area contributed by atoms with Crippen LogP contribution in [0.5, 0.6) is 17.2 Å². The molecular weight excluding hydrogens is 1500 g/mol. The molecule has 10 aromatic carbocycles. The summed E-state index contributed by atoms with van der Waals surface area (Å²) in [5.74, 6) is 0.530. The number of ether oxygens (including phenoxy) is 3. The number of alkyl halides is 9. The van der Waals surface area contributed by atoms with Gasteiger partial charge in [-0.2, -0.15) is 0 Å². The molecule has 113 heavy (non-hydrogen) atoms. The number of pyridine rings is 1. The first-order valence-corrected chi connectivity index (χ1v) is 34.2. The molecule has 0 aliphatic rings. The fourth-order valence-corrected chi connectivity index (χ4v) is 12.1. The summed E-state index contributed by atoms with van der Waals surface area (Å²) < 4.78 is 137. The molecule has 22 nitrogen and oxygen atoms in total. The highest BCUT2D eigenvalue weighted by molar-refractivity contribution is 7.80. The average molecular weight is 1550 g/mol. The molecule has 0 aliphatic carbocycles. The zero-order chi connectivity index (χ0) is 78.4. The lowest BCUT2D eigenvalue weighted by atomic mass is 9.96. The summed E-state index contributed by atoms with van der Waals surface area (Å²) in [6, 6.07) is 70.2. The van der Waals surface area contributed by atoms with Gasteiger partial charge in [-0.05, 0) is 217 Å². The third-order valence-electron chi connectivity index (χ3n) is 17.0. The molecule has 0 saturated heterocycles. The first kappa shape index (κ1) is 73.6. The summed E-state index contributed by atoms with van der Waals surface area (Å²) in [6.07, 6.45) is -8.66. The summed E-state index contributed by atoms with van der Waals surface area (Å²) in [6.45, 7) is 0. The SMILES string of the molecule is O=C(Nc1ccc(-c2ncn(-c3ccc(OC(F)(F)F)cc3)n2)cc1)Nc1cc(-c2coc(-c3ccccc3NC(=S)Nc3ccc(-c4ncn(-c5ccc(OC(F)(F)F)cc5)n4)cc3)c2)ccc1-c1cccc(-c2ccc(-c3ccccc3)c(NC(=O)Nc3ccc(-c4ncn(-c5ccc(OC(F)(F)F)cc5)n4)cc3)n2)c1. The minimum absolute atomic E-state index is 0.232. The van der Waals surface area contributed by atoms with Crippen molar-refractivity contribution in [1.29, 1.82) is 0 Å². The number of hydrogen-bond donors (Lipinski definition) is 6. The minimum Gasteiger partial charge on any atom is -0.464 e. The Morgan fingerprint density at radius 3 is 1.28 bits per heavy atom. The van der Waals surface area contributed by atoms with Crippen LogP contribution in [0.25, 0.3) is 107 Å². The second kappa shape index (κ2) is 31.3. The average Bonchev–Trinajstić information content (AvgIpc) is 1.76. The second-order valence-electron chi connectivity index (χ2n) is 24.7. The van der Waals surface area contributed by atoms with E-state index in [1.807, 2.05) is 115 Å². The van der Waals surface area contributed by atoms with Crippen LogP contribution in [0.2, 0.25) is 0 Å². The summed E-state index contributed by atoms with van der Waals surface area (Å²) in [5.41, 5.74) is 11.3. The number of para-hydroxylation sites is 1. The van der Waals surface area contributed by atoms with Crippen molar-refractivity contribution in [3.8, 4) is 124 Å². The van der Waals surface area contributed by atoms with E-state index < -0.39 is 36.9 Å². The van der Waals surface area contributed by atoms with Crippen molar-refractivity contribution in [1.82, 2.24) is 49.3 Å². The molecule has 0 atom stereocenters. The number of amides is 4. The third kappa shape index (κ3) is 18.3. The normalized spacial score (nSPS) is 11.5. The smallest absolute Gasteiger partial charge is 0.464 e. The molecule has 0 unspecified atom stereocenters. The number of carbonyl (C=O) groups is 2. The number of benzene rings is 10. The molecule has 0 radical (unpaired) electrons. The van der Waals surface area contributed by atoms with Gasteiger partial charge in [0.15, 0.2) is 22.6 Å². The molecule has 5 aromatic heterocycles. The van der Waals surface area contributed by atoms with Gasteiger partial charge in [-0.25, -0.2) is 43.6 Å². The van der Waals surface area contributed by atoms with Crippen LogP contribution < -0.4 is 46.1 Å². The number of aromatic nitrogens is 10. The zero-order valence-corrected chi connectivity index (χ0v) is 58.7.